The molecule has 0 amide bonds. The van der Waals surface area contributed by atoms with Gasteiger partial charge in [-0.3, -0.25) is 9.36 Å². The molecule has 3 aromatic rings. The lowest BCUT2D eigenvalue weighted by molar-refractivity contribution is 0.358. The Morgan fingerprint density at radius 1 is 1.14 bits per heavy atom. The highest BCUT2D eigenvalue weighted by Crippen LogP contribution is 2.46. The predicted molar refractivity (Wildman–Crippen MR) is 113 cm³/mol. The molecule has 150 valence electrons. The molecule has 1 unspecified atom stereocenters. The van der Waals surface area contributed by atoms with Crippen molar-refractivity contribution in [3.8, 4) is 5.75 Å². The molecule has 2 N–H and O–H groups in total. The van der Waals surface area contributed by atoms with Gasteiger partial charge in [-0.25, -0.2) is 4.79 Å². The minimum absolute atomic E-state index is 0.216. The summed E-state index contributed by atoms with van der Waals surface area (Å²) in [5, 5.41) is 4.20. The molecular weight excluding hydrogens is 366 g/mol. The molecule has 29 heavy (non-hydrogen) atoms. The number of rotatable bonds is 4. The second-order valence-corrected chi connectivity index (χ2v) is 8.09. The van der Waals surface area contributed by atoms with Gasteiger partial charge in [-0.2, -0.15) is 0 Å². The van der Waals surface area contributed by atoms with Gasteiger partial charge in [-0.05, 0) is 55.5 Å². The number of nitrogens with zero attached hydrogens (tertiary/aromatic N) is 1. The van der Waals surface area contributed by atoms with Crippen molar-refractivity contribution in [2.24, 2.45) is 5.92 Å². The average Bonchev–Trinajstić information content (AvgIpc) is 3.16. The van der Waals surface area contributed by atoms with Crippen LogP contribution in [-0.4, -0.2) is 29.2 Å². The highest BCUT2D eigenvalue weighted by Gasteiger charge is 2.41. The molecule has 2 aliphatic rings. The van der Waals surface area contributed by atoms with Crippen LogP contribution < -0.4 is 21.3 Å². The quantitative estimate of drug-likeness (QED) is 0.716. The third-order valence-corrected chi connectivity index (χ3v) is 6.63. The zero-order valence-electron chi connectivity index (χ0n) is 16.5. The van der Waals surface area contributed by atoms with Crippen LogP contribution in [0.15, 0.2) is 52.1 Å². The lowest BCUT2D eigenvalue weighted by Gasteiger charge is -2.32. The number of aromatic amines is 1. The fourth-order valence-electron chi connectivity index (χ4n) is 5.26. The zero-order valence-corrected chi connectivity index (χ0v) is 16.5. The molecule has 0 bridgehead atoms. The second-order valence-electron chi connectivity index (χ2n) is 8.09. The van der Waals surface area contributed by atoms with Crippen LogP contribution >= 0.6 is 0 Å². The summed E-state index contributed by atoms with van der Waals surface area (Å²) in [6, 6.07) is 13.7. The maximum Gasteiger partial charge on any atom is 0.328 e. The molecule has 1 saturated heterocycles. The Morgan fingerprint density at radius 3 is 2.86 bits per heavy atom. The molecule has 0 spiro atoms. The fourth-order valence-corrected chi connectivity index (χ4v) is 5.26. The molecule has 6 heteroatoms. The van der Waals surface area contributed by atoms with Gasteiger partial charge in [0.2, 0.25) is 0 Å². The van der Waals surface area contributed by atoms with Gasteiger partial charge in [0.15, 0.2) is 0 Å². The van der Waals surface area contributed by atoms with Crippen LogP contribution in [0.1, 0.15) is 29.9 Å². The SMILES string of the molecule is COc1cccc2c1[C@@H]1C(CCn3c(=O)[nH]c4ccccc4c3=O)NC[C@@H]1CC2. The smallest absolute Gasteiger partial charge is 0.328 e. The number of methoxy groups -OCH3 is 1. The first-order chi connectivity index (χ1) is 14.2. The Morgan fingerprint density at radius 2 is 2.00 bits per heavy atom. The largest absolute Gasteiger partial charge is 0.496 e. The van der Waals surface area contributed by atoms with Gasteiger partial charge < -0.3 is 15.0 Å². The molecule has 2 heterocycles. The van der Waals surface area contributed by atoms with Crippen LogP contribution in [0.2, 0.25) is 0 Å². The van der Waals surface area contributed by atoms with Gasteiger partial charge in [0.25, 0.3) is 5.56 Å². The fraction of sp³-hybridized carbons (Fsp3) is 0.391. The zero-order chi connectivity index (χ0) is 20.0. The van der Waals surface area contributed by atoms with E-state index in [9.17, 15) is 9.59 Å². The minimum atomic E-state index is -0.343. The Kier molecular flexibility index (Phi) is 4.51. The number of benzene rings is 2. The summed E-state index contributed by atoms with van der Waals surface area (Å²) in [6.45, 7) is 1.36. The molecule has 6 nitrogen and oxygen atoms in total. The first-order valence-electron chi connectivity index (χ1n) is 10.3. The Balaban J connectivity index is 1.46. The van der Waals surface area contributed by atoms with Gasteiger partial charge in [-0.15, -0.1) is 0 Å². The summed E-state index contributed by atoms with van der Waals surface area (Å²) in [6.07, 6.45) is 2.96. The van der Waals surface area contributed by atoms with Crippen molar-refractivity contribution in [1.82, 2.24) is 14.9 Å². The monoisotopic (exact) mass is 391 g/mol. The molecule has 1 aromatic heterocycles. The van der Waals surface area contributed by atoms with E-state index < -0.39 is 0 Å². The van der Waals surface area contributed by atoms with E-state index in [1.54, 1.807) is 19.2 Å². The van der Waals surface area contributed by atoms with Crippen molar-refractivity contribution in [3.63, 3.8) is 0 Å². The number of fused-ring (bicyclic) bond motifs is 4. The van der Waals surface area contributed by atoms with E-state index >= 15 is 0 Å². The number of H-pyrrole nitrogens is 1. The van der Waals surface area contributed by atoms with Crippen LogP contribution in [-0.2, 0) is 13.0 Å². The number of nitrogens with one attached hydrogen (secondary N) is 2. The normalized spacial score (nSPS) is 23.0. The average molecular weight is 391 g/mol. The summed E-state index contributed by atoms with van der Waals surface area (Å²) in [5.74, 6) is 1.87. The van der Waals surface area contributed by atoms with Crippen LogP contribution in [0.5, 0.6) is 5.75 Å². The van der Waals surface area contributed by atoms with Crippen molar-refractivity contribution in [1.29, 1.82) is 0 Å². The van der Waals surface area contributed by atoms with Crippen LogP contribution in [0.3, 0.4) is 0 Å². The molecular formula is C23H25N3O3. The van der Waals surface area contributed by atoms with E-state index in [0.29, 0.717) is 29.3 Å². The van der Waals surface area contributed by atoms with E-state index in [1.807, 2.05) is 18.2 Å². The van der Waals surface area contributed by atoms with Crippen molar-refractivity contribution < 1.29 is 4.74 Å². The van der Waals surface area contributed by atoms with Gasteiger partial charge >= 0.3 is 5.69 Å². The molecule has 0 radical (unpaired) electrons. The summed E-state index contributed by atoms with van der Waals surface area (Å²) in [5.41, 5.74) is 2.69. The van der Waals surface area contributed by atoms with Gasteiger partial charge in [-0.1, -0.05) is 24.3 Å². The first kappa shape index (κ1) is 18.2. The lowest BCUT2D eigenvalue weighted by Crippen LogP contribution is -2.38. The molecule has 5 rings (SSSR count). The predicted octanol–water partition coefficient (Wildman–Crippen LogP) is 2.41. The van der Waals surface area contributed by atoms with Crippen molar-refractivity contribution in [2.75, 3.05) is 13.7 Å². The van der Waals surface area contributed by atoms with Crippen LogP contribution in [0, 0.1) is 5.92 Å². The summed E-state index contributed by atoms with van der Waals surface area (Å²) in [7, 11) is 1.73. The first-order valence-corrected chi connectivity index (χ1v) is 10.3. The van der Waals surface area contributed by atoms with Gasteiger partial charge in [0.1, 0.15) is 5.75 Å². The second kappa shape index (κ2) is 7.19. The number of hydrogen-bond acceptors (Lipinski definition) is 4. The lowest BCUT2D eigenvalue weighted by atomic mass is 9.73. The van der Waals surface area contributed by atoms with Crippen LogP contribution in [0.4, 0.5) is 0 Å². The standard InChI is InChI=1S/C23H25N3O3/c1-29-19-8-4-5-14-9-10-15-13-24-18(20(15)21(14)19)11-12-26-22(27)16-6-2-3-7-17(16)25-23(26)28/h2-8,15,18,20,24H,9-13H2,1H3,(H,25,28)/t15-,18?,20-/m0/s1. The molecule has 1 aliphatic carbocycles. The number of aromatic nitrogens is 2. The van der Waals surface area contributed by atoms with E-state index in [1.165, 1.54) is 15.7 Å². The van der Waals surface area contributed by atoms with E-state index in [2.05, 4.69) is 22.4 Å². The Hall–Kier alpha value is -2.86. The number of aryl methyl sites for hydroxylation is 1. The van der Waals surface area contributed by atoms with Gasteiger partial charge in [0, 0.05) is 24.1 Å². The topological polar surface area (TPSA) is 76.1 Å². The highest BCUT2D eigenvalue weighted by atomic mass is 16.5. The Labute approximate surface area is 168 Å². The van der Waals surface area contributed by atoms with E-state index in [0.717, 1.165) is 31.6 Å². The molecule has 3 atom stereocenters. The van der Waals surface area contributed by atoms with Crippen LogP contribution in [0.25, 0.3) is 10.9 Å². The number of hydrogen-bond donors (Lipinski definition) is 2. The maximum atomic E-state index is 12.8. The highest BCUT2D eigenvalue weighted by molar-refractivity contribution is 5.76. The van der Waals surface area contributed by atoms with Crippen molar-refractivity contribution in [2.45, 2.75) is 37.8 Å². The summed E-state index contributed by atoms with van der Waals surface area (Å²) >= 11 is 0. The Bertz CT molecular complexity index is 1170. The third-order valence-electron chi connectivity index (χ3n) is 6.63. The molecule has 2 aromatic carbocycles. The van der Waals surface area contributed by atoms with Crippen molar-refractivity contribution in [3.05, 3.63) is 74.4 Å². The maximum absolute atomic E-state index is 12.8. The number of para-hydroxylation sites is 1. The molecule has 1 aliphatic heterocycles. The summed E-state index contributed by atoms with van der Waals surface area (Å²) < 4.78 is 7.02. The van der Waals surface area contributed by atoms with Crippen molar-refractivity contribution >= 4 is 10.9 Å². The van der Waals surface area contributed by atoms with E-state index in [4.69, 9.17) is 4.74 Å². The van der Waals surface area contributed by atoms with E-state index in [-0.39, 0.29) is 17.3 Å². The minimum Gasteiger partial charge on any atom is -0.496 e. The third kappa shape index (κ3) is 2.99. The molecule has 1 fully saturated rings. The number of ether oxygens (including phenoxy) is 1. The van der Waals surface area contributed by atoms with Gasteiger partial charge in [0.05, 0.1) is 18.0 Å². The molecule has 0 saturated carbocycles. The summed E-state index contributed by atoms with van der Waals surface area (Å²) in [4.78, 5) is 28.2.